The fourth-order valence-electron chi connectivity index (χ4n) is 3.21. The molecule has 144 valence electrons. The van der Waals surface area contributed by atoms with Crippen LogP contribution < -0.4 is 14.8 Å². The van der Waals surface area contributed by atoms with E-state index in [-0.39, 0.29) is 11.7 Å². The van der Waals surface area contributed by atoms with Crippen LogP contribution in [-0.4, -0.2) is 25.2 Å². The highest BCUT2D eigenvalue weighted by molar-refractivity contribution is 5.76. The summed E-state index contributed by atoms with van der Waals surface area (Å²) in [4.78, 5) is 12.0. The van der Waals surface area contributed by atoms with Crippen molar-refractivity contribution in [3.63, 3.8) is 0 Å². The minimum Gasteiger partial charge on any atom is -0.492 e. The van der Waals surface area contributed by atoms with Gasteiger partial charge in [-0.15, -0.1) is 0 Å². The number of ether oxygens (including phenoxy) is 2. The van der Waals surface area contributed by atoms with Crippen molar-refractivity contribution >= 4 is 5.91 Å². The van der Waals surface area contributed by atoms with E-state index < -0.39 is 0 Å². The summed E-state index contributed by atoms with van der Waals surface area (Å²) in [6.45, 7) is 0.767. The van der Waals surface area contributed by atoms with Crippen molar-refractivity contribution in [1.29, 1.82) is 0 Å². The Kier molecular flexibility index (Phi) is 7.08. The molecule has 1 fully saturated rings. The molecule has 0 aromatic heterocycles. The lowest BCUT2D eigenvalue weighted by Crippen LogP contribution is -2.28. The van der Waals surface area contributed by atoms with Gasteiger partial charge in [0.2, 0.25) is 5.91 Å². The SMILES string of the molecule is O=C(CCc1cccc(OC2CCCC2)c1)NCCOc1ccc(F)cc1. The van der Waals surface area contributed by atoms with Gasteiger partial charge in [-0.05, 0) is 74.1 Å². The molecule has 0 saturated heterocycles. The van der Waals surface area contributed by atoms with Gasteiger partial charge in [-0.2, -0.15) is 0 Å². The molecule has 0 radical (unpaired) electrons. The average Bonchev–Trinajstić information content (AvgIpc) is 3.18. The van der Waals surface area contributed by atoms with Crippen molar-refractivity contribution in [2.75, 3.05) is 13.2 Å². The van der Waals surface area contributed by atoms with Gasteiger partial charge in [0.05, 0.1) is 12.6 Å². The number of benzene rings is 2. The monoisotopic (exact) mass is 371 g/mol. The van der Waals surface area contributed by atoms with Crippen LogP contribution in [0.2, 0.25) is 0 Å². The van der Waals surface area contributed by atoms with Crippen LogP contribution in [-0.2, 0) is 11.2 Å². The summed E-state index contributed by atoms with van der Waals surface area (Å²) in [6, 6.07) is 13.8. The number of carbonyl (C=O) groups is 1. The van der Waals surface area contributed by atoms with Crippen LogP contribution in [0.1, 0.15) is 37.7 Å². The van der Waals surface area contributed by atoms with E-state index in [2.05, 4.69) is 5.32 Å². The van der Waals surface area contributed by atoms with Gasteiger partial charge in [0, 0.05) is 6.42 Å². The molecule has 27 heavy (non-hydrogen) atoms. The molecule has 4 nitrogen and oxygen atoms in total. The Balaban J connectivity index is 1.34. The third-order valence-corrected chi connectivity index (χ3v) is 4.65. The second-order valence-electron chi connectivity index (χ2n) is 6.82. The van der Waals surface area contributed by atoms with Crippen LogP contribution in [0.15, 0.2) is 48.5 Å². The molecule has 0 atom stereocenters. The first-order chi connectivity index (χ1) is 13.2. The number of hydrogen-bond acceptors (Lipinski definition) is 3. The molecule has 0 aliphatic heterocycles. The maximum absolute atomic E-state index is 12.8. The van der Waals surface area contributed by atoms with Crippen molar-refractivity contribution in [2.45, 2.75) is 44.6 Å². The van der Waals surface area contributed by atoms with Crippen molar-refractivity contribution in [1.82, 2.24) is 5.32 Å². The van der Waals surface area contributed by atoms with Crippen LogP contribution >= 0.6 is 0 Å². The summed E-state index contributed by atoms with van der Waals surface area (Å²) >= 11 is 0. The zero-order valence-electron chi connectivity index (χ0n) is 15.5. The van der Waals surface area contributed by atoms with Crippen molar-refractivity contribution < 1.29 is 18.7 Å². The molecule has 5 heteroatoms. The first kappa shape index (κ1) is 19.2. The lowest BCUT2D eigenvalue weighted by Gasteiger charge is -2.14. The van der Waals surface area contributed by atoms with Crippen LogP contribution in [0.3, 0.4) is 0 Å². The minimum atomic E-state index is -0.298. The summed E-state index contributed by atoms with van der Waals surface area (Å²) in [6.07, 6.45) is 6.18. The van der Waals surface area contributed by atoms with E-state index in [4.69, 9.17) is 9.47 Å². The highest BCUT2D eigenvalue weighted by Crippen LogP contribution is 2.24. The Morgan fingerprint density at radius 2 is 1.85 bits per heavy atom. The minimum absolute atomic E-state index is 0.0141. The zero-order valence-corrected chi connectivity index (χ0v) is 15.5. The smallest absolute Gasteiger partial charge is 0.220 e. The van der Waals surface area contributed by atoms with Gasteiger partial charge in [0.1, 0.15) is 23.9 Å². The summed E-state index contributed by atoms with van der Waals surface area (Å²) in [5.41, 5.74) is 1.10. The third-order valence-electron chi connectivity index (χ3n) is 4.65. The molecule has 3 rings (SSSR count). The fourth-order valence-corrected chi connectivity index (χ4v) is 3.21. The van der Waals surface area contributed by atoms with Gasteiger partial charge in [-0.1, -0.05) is 12.1 Å². The first-order valence-corrected chi connectivity index (χ1v) is 9.60. The molecule has 2 aromatic rings. The molecule has 0 unspecified atom stereocenters. The number of rotatable bonds is 9. The molecule has 1 amide bonds. The molecule has 2 aromatic carbocycles. The van der Waals surface area contributed by atoms with Gasteiger partial charge in [-0.3, -0.25) is 4.79 Å². The number of hydrogen-bond donors (Lipinski definition) is 1. The second-order valence-corrected chi connectivity index (χ2v) is 6.82. The largest absolute Gasteiger partial charge is 0.492 e. The Hall–Kier alpha value is -2.56. The van der Waals surface area contributed by atoms with E-state index in [9.17, 15) is 9.18 Å². The summed E-state index contributed by atoms with van der Waals surface area (Å²) < 4.78 is 24.3. The average molecular weight is 371 g/mol. The number of nitrogens with one attached hydrogen (secondary N) is 1. The van der Waals surface area contributed by atoms with Crippen molar-refractivity contribution in [3.05, 3.63) is 59.9 Å². The number of aryl methyl sites for hydroxylation is 1. The van der Waals surface area contributed by atoms with Crippen molar-refractivity contribution in [2.24, 2.45) is 0 Å². The maximum atomic E-state index is 12.8. The van der Waals surface area contributed by atoms with Gasteiger partial charge in [0.15, 0.2) is 0 Å². The molecule has 1 aliphatic carbocycles. The Bertz CT molecular complexity index is 727. The van der Waals surface area contributed by atoms with Gasteiger partial charge >= 0.3 is 0 Å². The molecular formula is C22H26FNO3. The molecule has 1 N–H and O–H groups in total. The maximum Gasteiger partial charge on any atom is 0.220 e. The molecule has 0 heterocycles. The Morgan fingerprint density at radius 3 is 2.63 bits per heavy atom. The first-order valence-electron chi connectivity index (χ1n) is 9.60. The molecular weight excluding hydrogens is 345 g/mol. The number of halogens is 1. The molecule has 1 saturated carbocycles. The van der Waals surface area contributed by atoms with Gasteiger partial charge in [-0.25, -0.2) is 4.39 Å². The molecule has 1 aliphatic rings. The predicted octanol–water partition coefficient (Wildman–Crippen LogP) is 4.27. The predicted molar refractivity (Wildman–Crippen MR) is 103 cm³/mol. The quantitative estimate of drug-likeness (QED) is 0.670. The molecule has 0 spiro atoms. The van der Waals surface area contributed by atoms with Crippen LogP contribution in [0.5, 0.6) is 11.5 Å². The normalized spacial score (nSPS) is 14.1. The Morgan fingerprint density at radius 1 is 1.07 bits per heavy atom. The Labute approximate surface area is 159 Å². The van der Waals surface area contributed by atoms with Crippen LogP contribution in [0.25, 0.3) is 0 Å². The van der Waals surface area contributed by atoms with Crippen LogP contribution in [0, 0.1) is 5.82 Å². The van der Waals surface area contributed by atoms with E-state index in [1.165, 1.54) is 25.0 Å². The van der Waals surface area contributed by atoms with E-state index in [1.54, 1.807) is 12.1 Å². The highest BCUT2D eigenvalue weighted by Gasteiger charge is 2.16. The zero-order chi connectivity index (χ0) is 18.9. The van der Waals surface area contributed by atoms with E-state index >= 15 is 0 Å². The van der Waals surface area contributed by atoms with E-state index in [1.807, 2.05) is 24.3 Å². The van der Waals surface area contributed by atoms with Crippen molar-refractivity contribution in [3.8, 4) is 11.5 Å². The van der Waals surface area contributed by atoms with E-state index in [0.29, 0.717) is 37.8 Å². The lowest BCUT2D eigenvalue weighted by molar-refractivity contribution is -0.121. The highest BCUT2D eigenvalue weighted by atomic mass is 19.1. The second kappa shape index (κ2) is 9.95. The van der Waals surface area contributed by atoms with Gasteiger partial charge in [0.25, 0.3) is 0 Å². The lowest BCUT2D eigenvalue weighted by atomic mass is 10.1. The standard InChI is InChI=1S/C22H26FNO3/c23-18-9-11-19(12-10-18)26-15-14-24-22(25)13-8-17-4-3-7-21(16-17)27-20-5-1-2-6-20/h3-4,7,9-12,16,20H,1-2,5-6,8,13-15H2,(H,24,25). The summed E-state index contributed by atoms with van der Waals surface area (Å²) in [7, 11) is 0. The number of carbonyl (C=O) groups excluding carboxylic acids is 1. The summed E-state index contributed by atoms with van der Waals surface area (Å²) in [5.74, 6) is 1.17. The molecule has 0 bridgehead atoms. The topological polar surface area (TPSA) is 47.6 Å². The fraction of sp³-hybridized carbons (Fsp3) is 0.409. The number of amides is 1. The summed E-state index contributed by atoms with van der Waals surface area (Å²) in [5, 5.41) is 2.84. The van der Waals surface area contributed by atoms with Gasteiger partial charge < -0.3 is 14.8 Å². The van der Waals surface area contributed by atoms with Crippen LogP contribution in [0.4, 0.5) is 4.39 Å². The van der Waals surface area contributed by atoms with E-state index in [0.717, 1.165) is 24.2 Å². The third kappa shape index (κ3) is 6.59.